The maximum atomic E-state index is 6.31. The number of H-pyrrole nitrogens is 2. The average molecular weight is 1200 g/mol. The van der Waals surface area contributed by atoms with E-state index in [1.54, 1.807) is 0 Å². The van der Waals surface area contributed by atoms with Crippen LogP contribution in [0.2, 0.25) is 0 Å². The Bertz CT molecular complexity index is 3380. The number of hydrogen-bond donors (Lipinski definition) is 2. The van der Waals surface area contributed by atoms with Gasteiger partial charge in [0.1, 0.15) is 23.0 Å². The fraction of sp³-hybridized carbons (Fsp3) is 0.371. The van der Waals surface area contributed by atoms with Crippen LogP contribution in [0.15, 0.2) is 121 Å². The summed E-state index contributed by atoms with van der Waals surface area (Å²) in [6.07, 6.45) is 18.8. The van der Waals surface area contributed by atoms with Crippen molar-refractivity contribution in [2.75, 3.05) is 109 Å². The van der Waals surface area contributed by atoms with Crippen LogP contribution in [0.4, 0.5) is 0 Å². The molecular formula is C70H88Cl3N7O4. The van der Waals surface area contributed by atoms with E-state index in [1.807, 2.05) is 0 Å². The molecule has 0 saturated carbocycles. The Morgan fingerprint density at radius 2 is 0.548 bits per heavy atom. The molecule has 2 aliphatic heterocycles. The summed E-state index contributed by atoms with van der Waals surface area (Å²) in [7, 11) is 19.9. The first-order valence-corrected chi connectivity index (χ1v) is 29.5. The van der Waals surface area contributed by atoms with Crippen LogP contribution in [0.1, 0.15) is 87.5 Å². The summed E-state index contributed by atoms with van der Waals surface area (Å²) in [5.74, 6) is 3.39. The summed E-state index contributed by atoms with van der Waals surface area (Å²) in [5, 5.41) is 0. The molecule has 11 nitrogen and oxygen atoms in total. The molecule has 0 aliphatic carbocycles. The zero-order valence-electron chi connectivity index (χ0n) is 51.2. The summed E-state index contributed by atoms with van der Waals surface area (Å²) < 4.78 is 27.9. The number of quaternary nitrogens is 3. The smallest absolute Gasteiger partial charge is 0.119 e. The van der Waals surface area contributed by atoms with Crippen LogP contribution in [0, 0.1) is 0 Å². The van der Waals surface area contributed by atoms with E-state index in [2.05, 4.69) is 226 Å². The Kier molecular flexibility index (Phi) is 24.2. The second-order valence-electron chi connectivity index (χ2n) is 24.9. The van der Waals surface area contributed by atoms with Gasteiger partial charge in [-0.25, -0.2) is 9.97 Å². The molecule has 5 heterocycles. The maximum Gasteiger partial charge on any atom is 0.119 e. The third-order valence-electron chi connectivity index (χ3n) is 14.8. The number of benzene rings is 4. The minimum absolute atomic E-state index is 0. The molecule has 7 aromatic rings. The topological polar surface area (TPSA) is 94.3 Å². The van der Waals surface area contributed by atoms with Crippen molar-refractivity contribution in [3.63, 3.8) is 0 Å². The number of aromatic nitrogens is 4. The molecule has 14 heteroatoms. The Morgan fingerprint density at radius 3 is 0.798 bits per heavy atom. The van der Waals surface area contributed by atoms with Crippen molar-refractivity contribution >= 4 is 46.4 Å². The number of rotatable bonds is 27. The van der Waals surface area contributed by atoms with Gasteiger partial charge in [-0.2, -0.15) is 0 Å². The third-order valence-corrected chi connectivity index (χ3v) is 14.8. The SMILES string of the molecule is CCCCCCCCOc1ccc(-c2c3nc(c(-c4ccc(OCCC[N+](C)(C)C)cc4)c4ccc([nH]4)c(-c4ccc(OCCC[N+](C)(C)C)cc4)c4nc(c(-c5ccc(OCCC[N+](C)(C)C)cc5)c5ccc2[nH]5)C=C4)C=C3)cc1.[Cl-].[Cl-].[Cl-]. The van der Waals surface area contributed by atoms with Gasteiger partial charge in [-0.05, 0) is 126 Å². The van der Waals surface area contributed by atoms with Gasteiger partial charge >= 0.3 is 0 Å². The van der Waals surface area contributed by atoms with E-state index in [4.69, 9.17) is 28.9 Å². The minimum atomic E-state index is 0. The maximum absolute atomic E-state index is 6.31. The largest absolute Gasteiger partial charge is 1.00 e. The van der Waals surface area contributed by atoms with Crippen molar-refractivity contribution in [1.82, 2.24) is 19.9 Å². The molecule has 0 atom stereocenters. The lowest BCUT2D eigenvalue weighted by atomic mass is 10.0. The average Bonchev–Trinajstić information content (AvgIpc) is 3.44. The number of unbranched alkanes of at least 4 members (excludes halogenated alkanes) is 5. The Labute approximate surface area is 518 Å². The molecule has 0 unspecified atom stereocenters. The van der Waals surface area contributed by atoms with Crippen molar-refractivity contribution < 1.29 is 69.6 Å². The van der Waals surface area contributed by atoms with Gasteiger partial charge in [0.15, 0.2) is 0 Å². The van der Waals surface area contributed by atoms with Gasteiger partial charge in [-0.3, -0.25) is 0 Å². The first kappa shape index (κ1) is 66.6. The fourth-order valence-corrected chi connectivity index (χ4v) is 10.6. The van der Waals surface area contributed by atoms with E-state index in [0.29, 0.717) is 26.4 Å². The van der Waals surface area contributed by atoms with E-state index in [1.165, 1.54) is 32.1 Å². The predicted molar refractivity (Wildman–Crippen MR) is 339 cm³/mol. The molecule has 3 aromatic heterocycles. The summed E-state index contributed by atoms with van der Waals surface area (Å²) in [5.41, 5.74) is 15.1. The number of nitrogens with one attached hydrogen (secondary N) is 2. The molecule has 4 aromatic carbocycles. The standard InChI is InChI=1S/C70H88N7O4.3ClH/c1-11-12-13-14-15-16-47-78-55-28-20-51(21-29-55)67-59-36-38-61(71-59)68(52-22-30-56(31-23-52)79-48-17-44-75(2,3)4)63-40-42-65(73-63)70(54-26-34-58(35-27-54)81-50-19-46-77(8,9)10)66-43-41-64(74-66)69(62-39-37-60(67)72-62)53-24-32-57(33-25-53)80-49-18-45-76(5,6)7;;;/h20-43,71,74H,11-19,44-50H2,1-10H3;3*1H/q+3;;;/p-3. The predicted octanol–water partition coefficient (Wildman–Crippen LogP) is 6.50. The summed E-state index contributed by atoms with van der Waals surface area (Å²) >= 11 is 0. The molecule has 2 aliphatic rings. The molecule has 2 N–H and O–H groups in total. The van der Waals surface area contributed by atoms with Gasteiger partial charge in [-0.15, -0.1) is 0 Å². The molecule has 0 saturated heterocycles. The molecule has 8 bridgehead atoms. The summed E-state index contributed by atoms with van der Waals surface area (Å²) in [6.45, 7) is 8.03. The number of fused-ring (bicyclic) bond motifs is 8. The van der Waals surface area contributed by atoms with E-state index >= 15 is 0 Å². The lowest BCUT2D eigenvalue weighted by Crippen LogP contribution is -3.00. The Morgan fingerprint density at radius 1 is 0.310 bits per heavy atom. The normalized spacial score (nSPS) is 12.1. The second-order valence-corrected chi connectivity index (χ2v) is 24.9. The molecule has 0 radical (unpaired) electrons. The van der Waals surface area contributed by atoms with Crippen LogP contribution in [0.25, 0.3) is 90.9 Å². The lowest BCUT2D eigenvalue weighted by molar-refractivity contribution is -0.870. The number of aromatic amines is 2. The zero-order valence-corrected chi connectivity index (χ0v) is 53.4. The number of nitrogens with zero attached hydrogens (tertiary/aromatic N) is 5. The van der Waals surface area contributed by atoms with Gasteiger partial charge in [-0.1, -0.05) is 87.6 Å². The zero-order chi connectivity index (χ0) is 57.0. The number of hydrogen-bond acceptors (Lipinski definition) is 6. The van der Waals surface area contributed by atoms with Crippen molar-refractivity contribution in [2.45, 2.75) is 64.7 Å². The Balaban J connectivity index is 0.00000377. The summed E-state index contributed by atoms with van der Waals surface area (Å²) in [6, 6.07) is 42.6. The van der Waals surface area contributed by atoms with E-state index in [0.717, 1.165) is 171 Å². The van der Waals surface area contributed by atoms with Crippen LogP contribution in [0.3, 0.4) is 0 Å². The highest BCUT2D eigenvalue weighted by atomic mass is 35.5. The van der Waals surface area contributed by atoms with Gasteiger partial charge in [0.2, 0.25) is 0 Å². The lowest BCUT2D eigenvalue weighted by Gasteiger charge is -2.23. The van der Waals surface area contributed by atoms with Crippen molar-refractivity contribution in [3.8, 4) is 67.5 Å². The minimum Gasteiger partial charge on any atom is -1.00 e. The van der Waals surface area contributed by atoms with E-state index in [9.17, 15) is 0 Å². The second kappa shape index (κ2) is 30.5. The molecule has 0 spiro atoms. The monoisotopic (exact) mass is 1200 g/mol. The number of ether oxygens (including phenoxy) is 4. The van der Waals surface area contributed by atoms with Gasteiger partial charge in [0.25, 0.3) is 0 Å². The highest BCUT2D eigenvalue weighted by Crippen LogP contribution is 2.40. The third kappa shape index (κ3) is 18.5. The summed E-state index contributed by atoms with van der Waals surface area (Å²) in [4.78, 5) is 19.0. The van der Waals surface area contributed by atoms with Crippen molar-refractivity contribution in [1.29, 1.82) is 0 Å². The molecule has 0 fully saturated rings. The highest BCUT2D eigenvalue weighted by molar-refractivity contribution is 6.00. The van der Waals surface area contributed by atoms with E-state index in [-0.39, 0.29) is 37.2 Å². The molecule has 0 amide bonds. The number of halogens is 3. The first-order chi connectivity index (χ1) is 39.0. The first-order valence-electron chi connectivity index (χ1n) is 29.5. The van der Waals surface area contributed by atoms with Crippen LogP contribution in [-0.2, 0) is 0 Å². The molecular weight excluding hydrogens is 1110 g/mol. The molecule has 9 rings (SSSR count). The van der Waals surface area contributed by atoms with Crippen LogP contribution in [0.5, 0.6) is 23.0 Å². The van der Waals surface area contributed by atoms with Gasteiger partial charge < -0.3 is 79.6 Å². The van der Waals surface area contributed by atoms with Crippen molar-refractivity contribution in [3.05, 3.63) is 144 Å². The van der Waals surface area contributed by atoms with Crippen LogP contribution < -0.4 is 56.2 Å². The van der Waals surface area contributed by atoms with Crippen LogP contribution in [-0.4, -0.2) is 143 Å². The van der Waals surface area contributed by atoms with Gasteiger partial charge in [0, 0.05) is 63.6 Å². The van der Waals surface area contributed by atoms with Gasteiger partial charge in [0.05, 0.1) is 132 Å². The fourth-order valence-electron chi connectivity index (χ4n) is 10.6. The van der Waals surface area contributed by atoms with Crippen molar-refractivity contribution in [2.24, 2.45) is 0 Å². The highest BCUT2D eigenvalue weighted by Gasteiger charge is 2.20. The van der Waals surface area contributed by atoms with Crippen LogP contribution >= 0.6 is 0 Å². The van der Waals surface area contributed by atoms with E-state index < -0.39 is 0 Å². The Hall–Kier alpha value is -6.57. The molecule has 84 heavy (non-hydrogen) atoms. The molecule has 448 valence electrons. The quantitative estimate of drug-likeness (QED) is 0.0452.